The highest BCUT2D eigenvalue weighted by molar-refractivity contribution is 5.86. The second-order valence-electron chi connectivity index (χ2n) is 6.49. The summed E-state index contributed by atoms with van der Waals surface area (Å²) in [5.41, 5.74) is 4.21. The van der Waals surface area contributed by atoms with Crippen LogP contribution >= 0.6 is 0 Å². The molecule has 5 heteroatoms. The van der Waals surface area contributed by atoms with Crippen molar-refractivity contribution in [3.8, 4) is 11.5 Å². The Kier molecular flexibility index (Phi) is 4.50. The van der Waals surface area contributed by atoms with E-state index in [9.17, 15) is 4.79 Å². The van der Waals surface area contributed by atoms with Crippen LogP contribution in [-0.4, -0.2) is 11.0 Å². The van der Waals surface area contributed by atoms with Crippen LogP contribution in [0.5, 0.6) is 0 Å². The van der Waals surface area contributed by atoms with Crippen molar-refractivity contribution in [1.82, 2.24) is 4.98 Å². The smallest absolute Gasteiger partial charge is 0.310 e. The van der Waals surface area contributed by atoms with Crippen molar-refractivity contribution >= 4 is 16.9 Å². The van der Waals surface area contributed by atoms with Gasteiger partial charge in [0.1, 0.15) is 23.6 Å². The molecule has 4 rings (SSSR count). The van der Waals surface area contributed by atoms with Gasteiger partial charge in [-0.05, 0) is 37.6 Å². The molecule has 2 aromatic heterocycles. The zero-order valence-electron chi connectivity index (χ0n) is 15.2. The van der Waals surface area contributed by atoms with Crippen LogP contribution in [0.3, 0.4) is 0 Å². The van der Waals surface area contributed by atoms with Gasteiger partial charge in [0.2, 0.25) is 5.89 Å². The van der Waals surface area contributed by atoms with Gasteiger partial charge in [-0.2, -0.15) is 0 Å². The highest BCUT2D eigenvalue weighted by atomic mass is 16.5. The first-order valence-electron chi connectivity index (χ1n) is 8.74. The lowest BCUT2D eigenvalue weighted by Gasteiger charge is -2.02. The standard InChI is InChI=1S/C22H19NO4/c1-14-8-9-18-17(12-25-20(18)10-14)11-21(24)26-13-19-15(2)27-22(23-19)16-6-4-3-5-7-16/h3-10,12H,11,13H2,1-2H3. The Morgan fingerprint density at radius 3 is 2.74 bits per heavy atom. The molecule has 0 saturated carbocycles. The van der Waals surface area contributed by atoms with Gasteiger partial charge in [0.25, 0.3) is 0 Å². The van der Waals surface area contributed by atoms with E-state index in [0.717, 1.165) is 27.7 Å². The van der Waals surface area contributed by atoms with E-state index in [1.165, 1.54) is 0 Å². The number of hydrogen-bond donors (Lipinski definition) is 0. The van der Waals surface area contributed by atoms with Crippen LogP contribution < -0.4 is 0 Å². The number of aryl methyl sites for hydroxylation is 2. The second kappa shape index (κ2) is 7.11. The number of esters is 1. The van der Waals surface area contributed by atoms with Gasteiger partial charge in [-0.3, -0.25) is 4.79 Å². The summed E-state index contributed by atoms with van der Waals surface area (Å²) in [6.07, 6.45) is 1.76. The summed E-state index contributed by atoms with van der Waals surface area (Å²) >= 11 is 0. The van der Waals surface area contributed by atoms with Crippen LogP contribution in [-0.2, 0) is 22.6 Å². The van der Waals surface area contributed by atoms with Gasteiger partial charge in [-0.25, -0.2) is 4.98 Å². The summed E-state index contributed by atoms with van der Waals surface area (Å²) < 4.78 is 16.6. The van der Waals surface area contributed by atoms with Crippen molar-refractivity contribution in [2.45, 2.75) is 26.9 Å². The molecule has 27 heavy (non-hydrogen) atoms. The molecule has 0 aliphatic rings. The maximum Gasteiger partial charge on any atom is 0.310 e. The molecule has 2 heterocycles. The minimum absolute atomic E-state index is 0.0793. The zero-order chi connectivity index (χ0) is 18.8. The largest absolute Gasteiger partial charge is 0.464 e. The summed E-state index contributed by atoms with van der Waals surface area (Å²) in [6, 6.07) is 15.5. The Labute approximate surface area is 156 Å². The fraction of sp³-hybridized carbons (Fsp3) is 0.182. The SMILES string of the molecule is Cc1ccc2c(CC(=O)OCc3nc(-c4ccccc4)oc3C)coc2c1. The summed E-state index contributed by atoms with van der Waals surface area (Å²) in [7, 11) is 0. The number of oxazole rings is 1. The maximum atomic E-state index is 12.3. The number of ether oxygens (including phenoxy) is 1. The first-order chi connectivity index (χ1) is 13.1. The van der Waals surface area contributed by atoms with Crippen LogP contribution in [0.4, 0.5) is 0 Å². The highest BCUT2D eigenvalue weighted by Crippen LogP contribution is 2.24. The van der Waals surface area contributed by atoms with Crippen molar-refractivity contribution in [3.05, 3.63) is 77.4 Å². The van der Waals surface area contributed by atoms with Crippen molar-refractivity contribution in [2.75, 3.05) is 0 Å². The fourth-order valence-corrected chi connectivity index (χ4v) is 2.95. The topological polar surface area (TPSA) is 65.5 Å². The number of carbonyl (C=O) groups excluding carboxylic acids is 1. The normalized spacial score (nSPS) is 11.0. The molecule has 0 radical (unpaired) electrons. The number of furan rings is 1. The van der Waals surface area contributed by atoms with E-state index in [-0.39, 0.29) is 19.0 Å². The first-order valence-corrected chi connectivity index (χ1v) is 8.74. The lowest BCUT2D eigenvalue weighted by molar-refractivity contribution is -0.144. The monoisotopic (exact) mass is 361 g/mol. The van der Waals surface area contributed by atoms with E-state index in [1.807, 2.05) is 62.4 Å². The molecule has 0 aliphatic heterocycles. The predicted octanol–water partition coefficient (Wildman–Crippen LogP) is 4.99. The summed E-state index contributed by atoms with van der Waals surface area (Å²) in [5.74, 6) is 0.836. The highest BCUT2D eigenvalue weighted by Gasteiger charge is 2.15. The molecule has 0 fully saturated rings. The first kappa shape index (κ1) is 17.1. The van der Waals surface area contributed by atoms with E-state index in [1.54, 1.807) is 6.26 Å². The third-order valence-corrected chi connectivity index (χ3v) is 4.43. The molecule has 0 atom stereocenters. The van der Waals surface area contributed by atoms with Crippen molar-refractivity contribution < 1.29 is 18.4 Å². The van der Waals surface area contributed by atoms with E-state index >= 15 is 0 Å². The van der Waals surface area contributed by atoms with Gasteiger partial charge in [-0.1, -0.05) is 30.3 Å². The third-order valence-electron chi connectivity index (χ3n) is 4.43. The van der Waals surface area contributed by atoms with Gasteiger partial charge < -0.3 is 13.6 Å². The van der Waals surface area contributed by atoms with E-state index < -0.39 is 0 Å². The lowest BCUT2D eigenvalue weighted by Crippen LogP contribution is -2.08. The molecule has 4 aromatic rings. The van der Waals surface area contributed by atoms with Crippen LogP contribution in [0.2, 0.25) is 0 Å². The molecule has 136 valence electrons. The molecule has 0 saturated heterocycles. The van der Waals surface area contributed by atoms with Crippen molar-refractivity contribution in [2.24, 2.45) is 0 Å². The molecule has 5 nitrogen and oxygen atoms in total. The average molecular weight is 361 g/mol. The Bertz CT molecular complexity index is 1090. The summed E-state index contributed by atoms with van der Waals surface area (Å²) in [5, 5.41) is 0.932. The second-order valence-corrected chi connectivity index (χ2v) is 6.49. The number of carbonyl (C=O) groups is 1. The van der Waals surface area contributed by atoms with Gasteiger partial charge in [0.15, 0.2) is 0 Å². The van der Waals surface area contributed by atoms with Crippen molar-refractivity contribution in [3.63, 3.8) is 0 Å². The Morgan fingerprint density at radius 1 is 1.11 bits per heavy atom. The number of rotatable bonds is 5. The Morgan fingerprint density at radius 2 is 1.93 bits per heavy atom. The number of benzene rings is 2. The average Bonchev–Trinajstić information content (AvgIpc) is 3.24. The zero-order valence-corrected chi connectivity index (χ0v) is 15.2. The molecule has 0 spiro atoms. The third kappa shape index (κ3) is 3.62. The minimum Gasteiger partial charge on any atom is -0.464 e. The molecule has 0 unspecified atom stereocenters. The van der Waals surface area contributed by atoms with E-state index in [2.05, 4.69) is 4.98 Å². The Hall–Kier alpha value is -3.34. The predicted molar refractivity (Wildman–Crippen MR) is 101 cm³/mol. The lowest BCUT2D eigenvalue weighted by atomic mass is 10.1. The maximum absolute atomic E-state index is 12.3. The Balaban J connectivity index is 1.43. The molecular formula is C22H19NO4. The molecule has 0 aliphatic carbocycles. The number of aromatic nitrogens is 1. The minimum atomic E-state index is -0.332. The number of hydrogen-bond acceptors (Lipinski definition) is 5. The molecule has 0 bridgehead atoms. The van der Waals surface area contributed by atoms with Crippen molar-refractivity contribution in [1.29, 1.82) is 0 Å². The van der Waals surface area contributed by atoms with Crippen LogP contribution in [0.25, 0.3) is 22.4 Å². The molecule has 0 amide bonds. The van der Waals surface area contributed by atoms with Gasteiger partial charge in [0, 0.05) is 16.5 Å². The van der Waals surface area contributed by atoms with Crippen LogP contribution in [0, 0.1) is 13.8 Å². The van der Waals surface area contributed by atoms with Gasteiger partial charge in [0.05, 0.1) is 12.7 Å². The summed E-state index contributed by atoms with van der Waals surface area (Å²) in [6.45, 7) is 3.89. The number of fused-ring (bicyclic) bond motifs is 1. The van der Waals surface area contributed by atoms with Gasteiger partial charge >= 0.3 is 5.97 Å². The number of nitrogens with zero attached hydrogens (tertiary/aromatic N) is 1. The molecular weight excluding hydrogens is 342 g/mol. The van der Waals surface area contributed by atoms with E-state index in [0.29, 0.717) is 17.3 Å². The quantitative estimate of drug-likeness (QED) is 0.469. The fourth-order valence-electron chi connectivity index (χ4n) is 2.95. The van der Waals surface area contributed by atoms with Crippen LogP contribution in [0.15, 0.2) is 63.6 Å². The van der Waals surface area contributed by atoms with Gasteiger partial charge in [-0.15, -0.1) is 0 Å². The van der Waals surface area contributed by atoms with E-state index in [4.69, 9.17) is 13.6 Å². The van der Waals surface area contributed by atoms with Crippen LogP contribution in [0.1, 0.15) is 22.6 Å². The summed E-state index contributed by atoms with van der Waals surface area (Å²) in [4.78, 5) is 16.7. The molecule has 0 N–H and O–H groups in total. The molecule has 2 aromatic carbocycles.